The summed E-state index contributed by atoms with van der Waals surface area (Å²) in [5.74, 6) is 0.359. The summed E-state index contributed by atoms with van der Waals surface area (Å²) in [6.07, 6.45) is 1.88. The number of nitrogens with zero attached hydrogens (tertiary/aromatic N) is 2. The Kier molecular flexibility index (Phi) is 3.91. The predicted molar refractivity (Wildman–Crippen MR) is 74.1 cm³/mol. The van der Waals surface area contributed by atoms with Crippen LogP contribution in [0.3, 0.4) is 0 Å². The molecule has 0 saturated carbocycles. The molecule has 0 aliphatic heterocycles. The van der Waals surface area contributed by atoms with Gasteiger partial charge in [0, 0.05) is 0 Å². The predicted octanol–water partition coefficient (Wildman–Crippen LogP) is 2.20. The van der Waals surface area contributed by atoms with E-state index >= 15 is 0 Å². The molecule has 2 rings (SSSR count). The molecule has 0 spiro atoms. The maximum Gasteiger partial charge on any atom is 0.295 e. The molecule has 0 aliphatic rings. The van der Waals surface area contributed by atoms with Crippen LogP contribution in [0.4, 0.5) is 0 Å². The minimum Gasteiger partial charge on any atom is -0.408 e. The molecule has 0 atom stereocenters. The monoisotopic (exact) mass is 264 g/mol. The summed E-state index contributed by atoms with van der Waals surface area (Å²) < 4.78 is 1.30. The molecule has 0 saturated heterocycles. The molecule has 18 heavy (non-hydrogen) atoms. The van der Waals surface area contributed by atoms with E-state index in [1.807, 2.05) is 38.3 Å². The smallest absolute Gasteiger partial charge is 0.295 e. The lowest BCUT2D eigenvalue weighted by Crippen LogP contribution is -2.31. The molecular formula is C13H16N2O2S. The van der Waals surface area contributed by atoms with Crippen molar-refractivity contribution >= 4 is 22.7 Å². The Labute approximate surface area is 110 Å². The molecule has 1 aromatic heterocycles. The molecule has 0 N–H and O–H groups in total. The fourth-order valence-corrected chi connectivity index (χ4v) is 2.05. The molecule has 4 nitrogen and oxygen atoms in total. The van der Waals surface area contributed by atoms with Crippen LogP contribution in [0, 0.1) is 5.92 Å². The van der Waals surface area contributed by atoms with Crippen LogP contribution >= 0.6 is 11.8 Å². The number of thioether (sulfide) groups is 1. The summed E-state index contributed by atoms with van der Waals surface area (Å²) in [6, 6.07) is 7.31. The van der Waals surface area contributed by atoms with E-state index < -0.39 is 0 Å². The molecule has 0 aliphatic carbocycles. The largest absolute Gasteiger partial charge is 0.408 e. The lowest BCUT2D eigenvalue weighted by atomic mass is 10.2. The highest BCUT2D eigenvalue weighted by Crippen LogP contribution is 2.14. The standard InChI is InChI=1S/C13H16N2O2S/c1-9(2)8-17-15-12(16)10-6-4-5-7-11(10)14-13(15)18-3/h4-7,9H,8H2,1-3H3. The van der Waals surface area contributed by atoms with Gasteiger partial charge in [0.2, 0.25) is 5.16 Å². The Hall–Kier alpha value is -1.49. The third-order valence-electron chi connectivity index (χ3n) is 2.43. The van der Waals surface area contributed by atoms with Gasteiger partial charge in [-0.2, -0.15) is 0 Å². The fraction of sp³-hybridized carbons (Fsp3) is 0.385. The summed E-state index contributed by atoms with van der Waals surface area (Å²) in [7, 11) is 0. The number of hydrogen-bond acceptors (Lipinski definition) is 4. The minimum absolute atomic E-state index is 0.148. The second-order valence-electron chi connectivity index (χ2n) is 4.40. The molecule has 1 heterocycles. The van der Waals surface area contributed by atoms with E-state index in [1.165, 1.54) is 16.5 Å². The van der Waals surface area contributed by atoms with Gasteiger partial charge in [-0.15, -0.1) is 4.73 Å². The molecule has 0 unspecified atom stereocenters. The van der Waals surface area contributed by atoms with Crippen LogP contribution in [0.5, 0.6) is 0 Å². The average molecular weight is 264 g/mol. The van der Waals surface area contributed by atoms with Crippen LogP contribution in [0.15, 0.2) is 34.2 Å². The molecule has 1 aromatic carbocycles. The molecule has 5 heteroatoms. The van der Waals surface area contributed by atoms with Crippen molar-refractivity contribution in [1.29, 1.82) is 0 Å². The van der Waals surface area contributed by atoms with E-state index in [1.54, 1.807) is 6.07 Å². The molecule has 0 bridgehead atoms. The maximum absolute atomic E-state index is 12.3. The molecule has 2 aromatic rings. The van der Waals surface area contributed by atoms with Crippen molar-refractivity contribution in [1.82, 2.24) is 9.71 Å². The van der Waals surface area contributed by atoms with Crippen LogP contribution in [0.25, 0.3) is 10.9 Å². The van der Waals surface area contributed by atoms with Crippen LogP contribution in [-0.2, 0) is 0 Å². The SMILES string of the molecule is CSc1nc2ccccc2c(=O)n1OCC(C)C. The summed E-state index contributed by atoms with van der Waals surface area (Å²) in [5, 5.41) is 1.17. The van der Waals surface area contributed by atoms with Crippen LogP contribution < -0.4 is 10.4 Å². The summed E-state index contributed by atoms with van der Waals surface area (Å²) in [5.41, 5.74) is 0.557. The highest BCUT2D eigenvalue weighted by atomic mass is 32.2. The highest BCUT2D eigenvalue weighted by molar-refractivity contribution is 7.98. The Morgan fingerprint density at radius 1 is 1.39 bits per heavy atom. The van der Waals surface area contributed by atoms with Crippen molar-refractivity contribution in [2.24, 2.45) is 5.92 Å². The Morgan fingerprint density at radius 3 is 2.78 bits per heavy atom. The van der Waals surface area contributed by atoms with Crippen molar-refractivity contribution in [3.63, 3.8) is 0 Å². The van der Waals surface area contributed by atoms with Crippen molar-refractivity contribution in [3.05, 3.63) is 34.6 Å². The van der Waals surface area contributed by atoms with Gasteiger partial charge >= 0.3 is 0 Å². The number of benzene rings is 1. The van der Waals surface area contributed by atoms with E-state index in [0.29, 0.717) is 28.6 Å². The van der Waals surface area contributed by atoms with Gasteiger partial charge in [0.1, 0.15) is 6.61 Å². The zero-order valence-electron chi connectivity index (χ0n) is 10.7. The van der Waals surface area contributed by atoms with Crippen molar-refractivity contribution in [3.8, 4) is 0 Å². The Morgan fingerprint density at radius 2 is 2.11 bits per heavy atom. The van der Waals surface area contributed by atoms with Crippen LogP contribution in [-0.4, -0.2) is 22.6 Å². The van der Waals surface area contributed by atoms with Crippen LogP contribution in [0.1, 0.15) is 13.8 Å². The first-order chi connectivity index (χ1) is 8.63. The first-order valence-corrected chi connectivity index (χ1v) is 7.05. The lowest BCUT2D eigenvalue weighted by Gasteiger charge is -2.13. The summed E-state index contributed by atoms with van der Waals surface area (Å²) >= 11 is 1.40. The minimum atomic E-state index is -0.148. The summed E-state index contributed by atoms with van der Waals surface area (Å²) in [4.78, 5) is 22.3. The van der Waals surface area contributed by atoms with Gasteiger partial charge in [-0.1, -0.05) is 37.7 Å². The van der Waals surface area contributed by atoms with Crippen molar-refractivity contribution in [2.75, 3.05) is 12.9 Å². The van der Waals surface area contributed by atoms with Gasteiger partial charge in [0.05, 0.1) is 10.9 Å². The first kappa shape index (κ1) is 13.0. The van der Waals surface area contributed by atoms with E-state index in [-0.39, 0.29) is 5.56 Å². The van der Waals surface area contributed by atoms with E-state index in [9.17, 15) is 4.79 Å². The van der Waals surface area contributed by atoms with E-state index in [0.717, 1.165) is 0 Å². The van der Waals surface area contributed by atoms with Gasteiger partial charge in [0.15, 0.2) is 0 Å². The van der Waals surface area contributed by atoms with Crippen molar-refractivity contribution in [2.45, 2.75) is 19.0 Å². The van der Waals surface area contributed by atoms with Gasteiger partial charge < -0.3 is 4.84 Å². The first-order valence-electron chi connectivity index (χ1n) is 5.82. The van der Waals surface area contributed by atoms with Gasteiger partial charge in [-0.05, 0) is 24.3 Å². The van der Waals surface area contributed by atoms with Crippen molar-refractivity contribution < 1.29 is 4.84 Å². The zero-order chi connectivity index (χ0) is 13.1. The normalized spacial score (nSPS) is 11.1. The number of aromatic nitrogens is 2. The molecule has 0 fully saturated rings. The van der Waals surface area contributed by atoms with E-state index in [2.05, 4.69) is 4.98 Å². The van der Waals surface area contributed by atoms with Gasteiger partial charge in [-0.25, -0.2) is 4.98 Å². The Balaban J connectivity index is 2.56. The lowest BCUT2D eigenvalue weighted by molar-refractivity contribution is 0.0621. The number of para-hydroxylation sites is 1. The molecule has 0 amide bonds. The second-order valence-corrected chi connectivity index (χ2v) is 5.18. The molecule has 0 radical (unpaired) electrons. The zero-order valence-corrected chi connectivity index (χ0v) is 11.5. The fourth-order valence-electron chi connectivity index (χ4n) is 1.56. The maximum atomic E-state index is 12.3. The Bertz CT molecular complexity index is 607. The number of rotatable bonds is 4. The van der Waals surface area contributed by atoms with E-state index in [4.69, 9.17) is 4.84 Å². The van der Waals surface area contributed by atoms with Gasteiger partial charge in [0.25, 0.3) is 5.56 Å². The molecular weight excluding hydrogens is 248 g/mol. The second kappa shape index (κ2) is 5.44. The molecule has 96 valence electrons. The third kappa shape index (κ3) is 2.51. The summed E-state index contributed by atoms with van der Waals surface area (Å²) in [6.45, 7) is 4.57. The van der Waals surface area contributed by atoms with Gasteiger partial charge in [-0.3, -0.25) is 4.79 Å². The number of fused-ring (bicyclic) bond motifs is 1. The topological polar surface area (TPSA) is 44.1 Å². The number of hydrogen-bond donors (Lipinski definition) is 0. The average Bonchev–Trinajstić information content (AvgIpc) is 2.37. The van der Waals surface area contributed by atoms with Crippen LogP contribution in [0.2, 0.25) is 0 Å². The third-order valence-corrected chi connectivity index (χ3v) is 3.05. The highest BCUT2D eigenvalue weighted by Gasteiger charge is 2.11. The quantitative estimate of drug-likeness (QED) is 0.627.